The van der Waals surface area contributed by atoms with Gasteiger partial charge in [0.15, 0.2) is 11.6 Å². The number of hydrogen-bond donors (Lipinski definition) is 0. The maximum absolute atomic E-state index is 13.4. The number of benzene rings is 1. The molecule has 4 nitrogen and oxygen atoms in total. The summed E-state index contributed by atoms with van der Waals surface area (Å²) < 4.78 is 26.5. The van der Waals surface area contributed by atoms with Gasteiger partial charge in [-0.05, 0) is 36.8 Å². The minimum Gasteiger partial charge on any atom is -0.339 e. The molecule has 1 unspecified atom stereocenters. The Labute approximate surface area is 154 Å². The number of nitrogens with zero attached hydrogens (tertiary/aromatic N) is 3. The monoisotopic (exact) mass is 373 g/mol. The number of rotatable bonds is 5. The van der Waals surface area contributed by atoms with Crippen LogP contribution in [0.4, 0.5) is 8.78 Å². The highest BCUT2D eigenvalue weighted by Gasteiger charge is 2.20. The van der Waals surface area contributed by atoms with E-state index < -0.39 is 11.6 Å². The van der Waals surface area contributed by atoms with Crippen molar-refractivity contribution in [2.45, 2.75) is 19.4 Å². The second-order valence-corrected chi connectivity index (χ2v) is 6.75. The lowest BCUT2D eigenvalue weighted by Crippen LogP contribution is -2.31. The zero-order valence-corrected chi connectivity index (χ0v) is 15.1. The van der Waals surface area contributed by atoms with Crippen LogP contribution in [0, 0.1) is 11.6 Å². The summed E-state index contributed by atoms with van der Waals surface area (Å²) in [5.41, 5.74) is 1.96. The Morgan fingerprint density at radius 3 is 2.73 bits per heavy atom. The van der Waals surface area contributed by atoms with Crippen LogP contribution >= 0.6 is 11.3 Å². The number of aromatic nitrogens is 2. The Balaban J connectivity index is 1.69. The van der Waals surface area contributed by atoms with Gasteiger partial charge in [-0.3, -0.25) is 9.78 Å². The molecule has 1 aromatic carbocycles. The first-order valence-corrected chi connectivity index (χ1v) is 8.90. The van der Waals surface area contributed by atoms with E-state index in [1.165, 1.54) is 22.3 Å². The number of hydrogen-bond acceptors (Lipinski definition) is 4. The molecule has 2 aromatic heterocycles. The molecule has 0 fully saturated rings. The lowest BCUT2D eigenvalue weighted by molar-refractivity contribution is -0.131. The van der Waals surface area contributed by atoms with Crippen LogP contribution in [0.1, 0.15) is 24.2 Å². The lowest BCUT2D eigenvalue weighted by Gasteiger charge is -2.25. The zero-order valence-electron chi connectivity index (χ0n) is 14.3. The van der Waals surface area contributed by atoms with E-state index in [1.807, 2.05) is 23.6 Å². The third-order valence-corrected chi connectivity index (χ3v) is 5.08. The van der Waals surface area contributed by atoms with Crippen molar-refractivity contribution in [3.63, 3.8) is 0 Å². The van der Waals surface area contributed by atoms with Gasteiger partial charge in [-0.1, -0.05) is 12.1 Å². The molecule has 0 radical (unpaired) electrons. The van der Waals surface area contributed by atoms with Gasteiger partial charge in [0.2, 0.25) is 5.91 Å². The maximum Gasteiger partial charge on any atom is 0.228 e. The molecule has 0 bridgehead atoms. The van der Waals surface area contributed by atoms with Crippen molar-refractivity contribution >= 4 is 17.2 Å². The predicted molar refractivity (Wildman–Crippen MR) is 96.6 cm³/mol. The molecular formula is C19H17F2N3OS. The second-order valence-electron chi connectivity index (χ2n) is 5.89. The molecule has 0 aliphatic rings. The largest absolute Gasteiger partial charge is 0.339 e. The van der Waals surface area contributed by atoms with E-state index in [0.717, 1.165) is 22.8 Å². The van der Waals surface area contributed by atoms with Gasteiger partial charge in [-0.2, -0.15) is 0 Å². The van der Waals surface area contributed by atoms with Gasteiger partial charge in [-0.15, -0.1) is 11.3 Å². The van der Waals surface area contributed by atoms with Crippen molar-refractivity contribution in [2.24, 2.45) is 0 Å². The minimum atomic E-state index is -0.922. The maximum atomic E-state index is 13.4. The second kappa shape index (κ2) is 7.70. The molecule has 134 valence electrons. The number of thiazole rings is 1. The van der Waals surface area contributed by atoms with Gasteiger partial charge < -0.3 is 4.90 Å². The first kappa shape index (κ1) is 18.1. The summed E-state index contributed by atoms with van der Waals surface area (Å²) in [6.07, 6.45) is 1.83. The van der Waals surface area contributed by atoms with E-state index in [2.05, 4.69) is 9.97 Å². The Bertz CT molecular complexity index is 914. The number of likely N-dealkylation sites (N-methyl/N-ethyl adjacent to an activating group) is 1. The van der Waals surface area contributed by atoms with Crippen LogP contribution in [-0.2, 0) is 11.2 Å². The molecule has 26 heavy (non-hydrogen) atoms. The molecule has 2 heterocycles. The number of carbonyl (C=O) groups excluding carboxylic acids is 1. The van der Waals surface area contributed by atoms with Gasteiger partial charge >= 0.3 is 0 Å². The fraction of sp³-hybridized carbons (Fsp3) is 0.211. The van der Waals surface area contributed by atoms with Crippen LogP contribution in [0.3, 0.4) is 0 Å². The Hall–Kier alpha value is -2.67. The molecule has 0 saturated heterocycles. The third-order valence-electron chi connectivity index (χ3n) is 4.17. The van der Waals surface area contributed by atoms with Crippen molar-refractivity contribution in [2.75, 3.05) is 7.05 Å². The molecular weight excluding hydrogens is 356 g/mol. The number of pyridine rings is 1. The third kappa shape index (κ3) is 3.94. The average Bonchev–Trinajstić information content (AvgIpc) is 3.12. The zero-order chi connectivity index (χ0) is 18.7. The van der Waals surface area contributed by atoms with Crippen LogP contribution in [-0.4, -0.2) is 27.8 Å². The van der Waals surface area contributed by atoms with Crippen molar-refractivity contribution < 1.29 is 13.6 Å². The standard InChI is InChI=1S/C19H17F2N3OS/c1-12(13-6-7-15(20)16(21)9-13)24(2)18(25)10-14-11-26-19(23-14)17-5-3-4-8-22-17/h3-9,11-12H,10H2,1-2H3. The topological polar surface area (TPSA) is 46.1 Å². The molecule has 1 atom stereocenters. The van der Waals surface area contributed by atoms with Gasteiger partial charge in [0.1, 0.15) is 5.01 Å². The highest BCUT2D eigenvalue weighted by molar-refractivity contribution is 7.13. The predicted octanol–water partition coefficient (Wildman–Crippen LogP) is 4.25. The summed E-state index contributed by atoms with van der Waals surface area (Å²) in [6, 6.07) is 8.86. The van der Waals surface area contributed by atoms with Crippen LogP contribution in [0.2, 0.25) is 0 Å². The number of carbonyl (C=O) groups is 1. The minimum absolute atomic E-state index is 0.133. The summed E-state index contributed by atoms with van der Waals surface area (Å²) in [4.78, 5) is 22.7. The molecule has 0 aliphatic carbocycles. The summed E-state index contributed by atoms with van der Waals surface area (Å²) in [5, 5.41) is 2.59. The van der Waals surface area contributed by atoms with Gasteiger partial charge in [-0.25, -0.2) is 13.8 Å². The van der Waals surface area contributed by atoms with Crippen LogP contribution in [0.15, 0.2) is 48.0 Å². The summed E-state index contributed by atoms with van der Waals surface area (Å²) in [6.45, 7) is 1.77. The summed E-state index contributed by atoms with van der Waals surface area (Å²) in [5.74, 6) is -1.98. The highest BCUT2D eigenvalue weighted by atomic mass is 32.1. The van der Waals surface area contributed by atoms with Crippen molar-refractivity contribution in [3.8, 4) is 10.7 Å². The Morgan fingerprint density at radius 1 is 1.23 bits per heavy atom. The van der Waals surface area contributed by atoms with E-state index in [4.69, 9.17) is 0 Å². The van der Waals surface area contributed by atoms with E-state index >= 15 is 0 Å². The molecule has 3 rings (SSSR count). The van der Waals surface area contributed by atoms with Gasteiger partial charge in [0.25, 0.3) is 0 Å². The molecule has 0 aliphatic heterocycles. The van der Waals surface area contributed by atoms with E-state index in [9.17, 15) is 13.6 Å². The fourth-order valence-electron chi connectivity index (χ4n) is 2.49. The summed E-state index contributed by atoms with van der Waals surface area (Å²) in [7, 11) is 1.64. The van der Waals surface area contributed by atoms with Crippen molar-refractivity contribution in [1.29, 1.82) is 0 Å². The van der Waals surface area contributed by atoms with Crippen LogP contribution in [0.5, 0.6) is 0 Å². The first-order valence-electron chi connectivity index (χ1n) is 8.02. The molecule has 0 saturated carbocycles. The molecule has 7 heteroatoms. The first-order chi connectivity index (χ1) is 12.5. The molecule has 0 spiro atoms. The van der Waals surface area contributed by atoms with Crippen LogP contribution < -0.4 is 0 Å². The SMILES string of the molecule is CC(c1ccc(F)c(F)c1)N(C)C(=O)Cc1csc(-c2ccccn2)n1. The normalized spacial score (nSPS) is 12.0. The molecule has 3 aromatic rings. The Kier molecular flexibility index (Phi) is 5.37. The van der Waals surface area contributed by atoms with E-state index in [0.29, 0.717) is 11.3 Å². The Morgan fingerprint density at radius 2 is 2.04 bits per heavy atom. The molecule has 1 amide bonds. The van der Waals surface area contributed by atoms with Gasteiger partial charge in [0, 0.05) is 18.6 Å². The number of halogens is 2. The van der Waals surface area contributed by atoms with E-state index in [1.54, 1.807) is 20.2 Å². The van der Waals surface area contributed by atoms with Crippen molar-refractivity contribution in [1.82, 2.24) is 14.9 Å². The fourth-order valence-corrected chi connectivity index (χ4v) is 3.28. The highest BCUT2D eigenvalue weighted by Crippen LogP contribution is 2.24. The summed E-state index contributed by atoms with van der Waals surface area (Å²) >= 11 is 1.43. The van der Waals surface area contributed by atoms with Crippen LogP contribution in [0.25, 0.3) is 10.7 Å². The average molecular weight is 373 g/mol. The smallest absolute Gasteiger partial charge is 0.228 e. The van der Waals surface area contributed by atoms with Gasteiger partial charge in [0.05, 0.1) is 23.9 Å². The quantitative estimate of drug-likeness (QED) is 0.672. The number of amides is 1. The lowest BCUT2D eigenvalue weighted by atomic mass is 10.1. The van der Waals surface area contributed by atoms with E-state index in [-0.39, 0.29) is 18.4 Å². The molecule has 0 N–H and O–H groups in total. The van der Waals surface area contributed by atoms with Crippen molar-refractivity contribution in [3.05, 3.63) is 70.9 Å².